The first-order valence-electron chi connectivity index (χ1n) is 5.82. The summed E-state index contributed by atoms with van der Waals surface area (Å²) >= 11 is 3.08. The van der Waals surface area contributed by atoms with Crippen molar-refractivity contribution >= 4 is 34.0 Å². The Morgan fingerprint density at radius 1 is 1.50 bits per heavy atom. The van der Waals surface area contributed by atoms with E-state index in [9.17, 15) is 4.79 Å². The summed E-state index contributed by atoms with van der Waals surface area (Å²) in [6.45, 7) is 5.54. The van der Waals surface area contributed by atoms with Gasteiger partial charge in [-0.15, -0.1) is 15.3 Å². The van der Waals surface area contributed by atoms with Gasteiger partial charge in [-0.3, -0.25) is 4.79 Å². The van der Waals surface area contributed by atoms with Crippen LogP contribution in [-0.4, -0.2) is 49.5 Å². The molecule has 2 aromatic heterocycles. The molecular formula is C10H15N5OS2. The summed E-state index contributed by atoms with van der Waals surface area (Å²) in [7, 11) is 0. The third-order valence-electron chi connectivity index (χ3n) is 2.53. The van der Waals surface area contributed by atoms with Gasteiger partial charge in [0.25, 0.3) is 0 Å². The number of thioether (sulfide) groups is 1. The van der Waals surface area contributed by atoms with Crippen LogP contribution in [0.3, 0.4) is 0 Å². The highest BCUT2D eigenvalue weighted by atomic mass is 32.2. The molecule has 0 aliphatic rings. The van der Waals surface area contributed by atoms with Crippen LogP contribution in [0.2, 0.25) is 0 Å². The van der Waals surface area contributed by atoms with E-state index >= 15 is 0 Å². The van der Waals surface area contributed by atoms with Crippen molar-refractivity contribution in [2.24, 2.45) is 0 Å². The van der Waals surface area contributed by atoms with Gasteiger partial charge in [-0.2, -0.15) is 4.52 Å². The summed E-state index contributed by atoms with van der Waals surface area (Å²) in [5, 5.41) is 12.0. The molecule has 0 spiro atoms. The largest absolute Gasteiger partial charge is 0.343 e. The van der Waals surface area contributed by atoms with Crippen LogP contribution in [0, 0.1) is 0 Å². The molecule has 0 unspecified atom stereocenters. The summed E-state index contributed by atoms with van der Waals surface area (Å²) in [4.78, 5) is 14.4. The zero-order valence-corrected chi connectivity index (χ0v) is 12.0. The van der Waals surface area contributed by atoms with E-state index in [-0.39, 0.29) is 5.91 Å². The van der Waals surface area contributed by atoms with Crippen LogP contribution in [-0.2, 0) is 4.79 Å². The minimum Gasteiger partial charge on any atom is -0.343 e. The summed E-state index contributed by atoms with van der Waals surface area (Å²) in [6, 6.07) is 0. The first-order chi connectivity index (χ1) is 8.74. The minimum atomic E-state index is 0.204. The monoisotopic (exact) mass is 285 g/mol. The van der Waals surface area contributed by atoms with E-state index in [0.717, 1.165) is 28.1 Å². The normalized spacial score (nSPS) is 11.0. The maximum atomic E-state index is 11.8. The van der Waals surface area contributed by atoms with Gasteiger partial charge in [0, 0.05) is 25.3 Å². The summed E-state index contributed by atoms with van der Waals surface area (Å²) < 4.78 is 2.58. The van der Waals surface area contributed by atoms with Crippen LogP contribution >= 0.6 is 23.1 Å². The number of nitrogens with zero attached hydrogens (tertiary/aromatic N) is 5. The smallest absolute Gasteiger partial charge is 0.235 e. The number of hydrogen-bond acceptors (Lipinski definition) is 6. The van der Waals surface area contributed by atoms with Gasteiger partial charge in [0.15, 0.2) is 4.34 Å². The second kappa shape index (κ2) is 6.14. The Bertz CT molecular complexity index is 491. The molecule has 0 bridgehead atoms. The molecule has 6 nitrogen and oxygen atoms in total. The van der Waals surface area contributed by atoms with Gasteiger partial charge < -0.3 is 4.90 Å². The van der Waals surface area contributed by atoms with Crippen molar-refractivity contribution in [1.82, 2.24) is 24.7 Å². The highest BCUT2D eigenvalue weighted by Gasteiger charge is 2.11. The number of aromatic nitrogens is 4. The van der Waals surface area contributed by atoms with Crippen LogP contribution in [0.5, 0.6) is 0 Å². The highest BCUT2D eigenvalue weighted by Crippen LogP contribution is 2.24. The Kier molecular flexibility index (Phi) is 4.54. The quantitative estimate of drug-likeness (QED) is 0.753. The Morgan fingerprint density at radius 3 is 2.94 bits per heavy atom. The minimum absolute atomic E-state index is 0.204. The Balaban J connectivity index is 1.81. The average molecular weight is 285 g/mol. The van der Waals surface area contributed by atoms with Crippen molar-refractivity contribution in [3.05, 3.63) is 6.33 Å². The molecule has 0 aromatic carbocycles. The van der Waals surface area contributed by atoms with Crippen LogP contribution < -0.4 is 0 Å². The van der Waals surface area contributed by atoms with E-state index < -0.39 is 0 Å². The van der Waals surface area contributed by atoms with Crippen LogP contribution in [0.25, 0.3) is 4.96 Å². The maximum Gasteiger partial charge on any atom is 0.235 e. The molecule has 0 N–H and O–H groups in total. The fourth-order valence-electron chi connectivity index (χ4n) is 1.56. The van der Waals surface area contributed by atoms with Gasteiger partial charge in [-0.1, -0.05) is 23.1 Å². The predicted molar refractivity (Wildman–Crippen MR) is 71.9 cm³/mol. The Labute approximate surface area is 113 Å². The molecule has 8 heteroatoms. The second-order valence-corrected chi connectivity index (χ2v) is 5.89. The number of carbonyl (C=O) groups is 1. The number of rotatable bonds is 6. The lowest BCUT2D eigenvalue weighted by Crippen LogP contribution is -2.30. The third-order valence-corrected chi connectivity index (χ3v) is 4.57. The molecule has 0 atom stereocenters. The molecule has 2 heterocycles. The van der Waals surface area contributed by atoms with Crippen LogP contribution in [0.1, 0.15) is 20.3 Å². The molecule has 18 heavy (non-hydrogen) atoms. The molecule has 0 saturated heterocycles. The van der Waals surface area contributed by atoms with Crippen molar-refractivity contribution in [2.75, 3.05) is 18.8 Å². The zero-order valence-electron chi connectivity index (χ0n) is 10.4. The third kappa shape index (κ3) is 2.99. The number of amides is 1. The molecule has 0 aliphatic carbocycles. The Morgan fingerprint density at radius 2 is 2.28 bits per heavy atom. The molecule has 0 saturated carbocycles. The topological polar surface area (TPSA) is 63.4 Å². The van der Waals surface area contributed by atoms with Gasteiger partial charge in [0.2, 0.25) is 10.9 Å². The van der Waals surface area contributed by atoms with Crippen molar-refractivity contribution in [3.63, 3.8) is 0 Å². The van der Waals surface area contributed by atoms with Gasteiger partial charge in [0.05, 0.1) is 0 Å². The van der Waals surface area contributed by atoms with Gasteiger partial charge >= 0.3 is 0 Å². The fourth-order valence-corrected chi connectivity index (χ4v) is 3.42. The molecule has 2 aromatic rings. The average Bonchev–Trinajstić information content (AvgIpc) is 2.91. The Hall–Kier alpha value is -1.15. The molecule has 2 rings (SSSR count). The molecular weight excluding hydrogens is 270 g/mol. The number of hydrogen-bond donors (Lipinski definition) is 0. The van der Waals surface area contributed by atoms with E-state index in [1.54, 1.807) is 22.6 Å². The van der Waals surface area contributed by atoms with Crippen molar-refractivity contribution in [1.29, 1.82) is 0 Å². The second-order valence-electron chi connectivity index (χ2n) is 3.59. The molecule has 98 valence electrons. The molecule has 0 aliphatic heterocycles. The summed E-state index contributed by atoms with van der Waals surface area (Å²) in [6.07, 6.45) is 2.13. The van der Waals surface area contributed by atoms with Crippen LogP contribution in [0.15, 0.2) is 10.7 Å². The standard InChI is InChI=1S/C10H15N5OS2/c1-3-14(4-2)8(16)5-6-17-10-13-15-7-11-12-9(15)18-10/h7H,3-6H2,1-2H3. The molecule has 0 fully saturated rings. The van der Waals surface area contributed by atoms with Gasteiger partial charge in [-0.05, 0) is 13.8 Å². The summed E-state index contributed by atoms with van der Waals surface area (Å²) in [5.41, 5.74) is 0. The lowest BCUT2D eigenvalue weighted by Gasteiger charge is -2.17. The van der Waals surface area contributed by atoms with E-state index in [1.807, 2.05) is 18.7 Å². The van der Waals surface area contributed by atoms with E-state index in [1.165, 1.54) is 11.3 Å². The van der Waals surface area contributed by atoms with Gasteiger partial charge in [0.1, 0.15) is 6.33 Å². The fraction of sp³-hybridized carbons (Fsp3) is 0.600. The number of fused-ring (bicyclic) bond motifs is 1. The van der Waals surface area contributed by atoms with E-state index in [0.29, 0.717) is 6.42 Å². The lowest BCUT2D eigenvalue weighted by atomic mass is 10.4. The lowest BCUT2D eigenvalue weighted by molar-refractivity contribution is -0.130. The van der Waals surface area contributed by atoms with Crippen molar-refractivity contribution < 1.29 is 4.79 Å². The molecule has 0 radical (unpaired) electrons. The summed E-state index contributed by atoms with van der Waals surface area (Å²) in [5.74, 6) is 0.954. The SMILES string of the molecule is CCN(CC)C(=O)CCSc1nn2cnnc2s1. The van der Waals surface area contributed by atoms with Crippen LogP contribution in [0.4, 0.5) is 0 Å². The first kappa shape index (κ1) is 13.3. The maximum absolute atomic E-state index is 11.8. The van der Waals surface area contributed by atoms with E-state index in [4.69, 9.17) is 0 Å². The van der Waals surface area contributed by atoms with Crippen molar-refractivity contribution in [2.45, 2.75) is 24.6 Å². The van der Waals surface area contributed by atoms with Gasteiger partial charge in [-0.25, -0.2) is 0 Å². The zero-order chi connectivity index (χ0) is 13.0. The van der Waals surface area contributed by atoms with E-state index in [2.05, 4.69) is 15.3 Å². The predicted octanol–water partition coefficient (Wildman–Crippen LogP) is 1.54. The first-order valence-corrected chi connectivity index (χ1v) is 7.62. The van der Waals surface area contributed by atoms with Crippen molar-refractivity contribution in [3.8, 4) is 0 Å². The number of carbonyl (C=O) groups excluding carboxylic acids is 1. The molecule has 1 amide bonds. The highest BCUT2D eigenvalue weighted by molar-refractivity contribution is 8.01.